The molecule has 7 amide bonds. The lowest BCUT2D eigenvalue weighted by Gasteiger charge is -2.20. The number of carboxylic acids is 4. The average molecular weight is 1570 g/mol. The van der Waals surface area contributed by atoms with E-state index in [1.807, 2.05) is 94.4 Å². The molecular weight excluding hydrogens is 1480 g/mol. The lowest BCUT2D eigenvalue weighted by molar-refractivity contribution is -0.144. The number of ether oxygens (including phenoxy) is 3. The number of amides is 7. The number of carbonyl (C=O) groups is 11. The van der Waals surface area contributed by atoms with Gasteiger partial charge < -0.3 is 63.4 Å². The molecule has 0 fully saturated rings. The Kier molecular flexibility index (Phi) is 34.3. The molecule has 9 rings (SSSR count). The molecule has 0 aliphatic carbocycles. The van der Waals surface area contributed by atoms with Crippen LogP contribution in [0, 0.1) is 6.92 Å². The van der Waals surface area contributed by atoms with Crippen molar-refractivity contribution in [1.82, 2.24) is 77.7 Å². The van der Waals surface area contributed by atoms with Crippen LogP contribution in [0.2, 0.25) is 0 Å². The molecule has 0 saturated carbocycles. The standard InChI is InChI=1S/C21H24N6O5.C20H22N6O6.C19H22N4O6.C12H17N3O5/c1-3-9-26(11-17(29)30)16(28)10-27-13-24-18-19(22-12-23-20(18)27)25-21(31)32-14(2)15-7-5-4-6-8-15;1-2-8-25(10-15(28)29)14(27)9-26-12-21-16-17(26)22-19(23-18(16)30)24-20(31)32-11-13-6-4-3-5-7-13;1-2-9-22(12-17(25)26)16(24)11-23-10-8-15(20-18(23)27)21-19(28)29-13-14-6-4-3-5-7-14;1-3-4-14(7-10(17)18)9(16)6-15-5-8(2)11(19)13-12(15)20/h4-8,12-14H,3,9-11H2,1-2H3,(H,29,30)(H,22,23,25,31);3-7,12H,2,8-11H2,1H3,(H,28,29)(H2,22,23,24,30,31);3-8,10H,2,9,11-13H2,1H3,(H,25,26)(H,20,21,27,28);5H,3-4,6-7H2,1-2H3,(H,17,18)(H,13,19,20). The molecule has 0 radical (unpaired) electrons. The smallest absolute Gasteiger partial charge is 0.414 e. The number of aromatic amines is 2. The number of carbonyl (C=O) groups excluding carboxylic acids is 7. The minimum absolute atomic E-state index is 0.0206. The highest BCUT2D eigenvalue weighted by atomic mass is 16.6. The zero-order valence-electron chi connectivity index (χ0n) is 62.3. The summed E-state index contributed by atoms with van der Waals surface area (Å²) in [6.45, 7) is 9.09. The van der Waals surface area contributed by atoms with Crippen molar-refractivity contribution in [1.29, 1.82) is 0 Å². The van der Waals surface area contributed by atoms with E-state index in [-0.39, 0.29) is 99.2 Å². The summed E-state index contributed by atoms with van der Waals surface area (Å²) < 4.78 is 20.4. The van der Waals surface area contributed by atoms with Gasteiger partial charge in [0.1, 0.15) is 83.8 Å². The van der Waals surface area contributed by atoms with Gasteiger partial charge in [-0.25, -0.2) is 43.9 Å². The number of H-pyrrole nitrogens is 2. The van der Waals surface area contributed by atoms with Gasteiger partial charge >= 0.3 is 53.5 Å². The zero-order valence-corrected chi connectivity index (χ0v) is 62.3. The molecule has 41 nitrogen and oxygen atoms in total. The van der Waals surface area contributed by atoms with Crippen LogP contribution in [0.1, 0.15) is 88.7 Å². The molecule has 9 N–H and O–H groups in total. The Bertz CT molecular complexity index is 5030. The Morgan fingerprint density at radius 1 is 0.478 bits per heavy atom. The third kappa shape index (κ3) is 28.7. The molecule has 0 aliphatic heterocycles. The number of rotatable bonds is 33. The molecule has 0 spiro atoms. The number of aryl methyl sites for hydroxylation is 1. The van der Waals surface area contributed by atoms with E-state index >= 15 is 0 Å². The topological polar surface area (TPSA) is 542 Å². The van der Waals surface area contributed by atoms with Gasteiger partial charge in [0.25, 0.3) is 11.1 Å². The number of aromatic nitrogens is 12. The van der Waals surface area contributed by atoms with E-state index in [4.69, 9.17) is 34.6 Å². The normalized spacial score (nSPS) is 10.8. The third-order valence-electron chi connectivity index (χ3n) is 15.5. The number of carboxylic acid groups (broad SMARTS) is 4. The van der Waals surface area contributed by atoms with Gasteiger partial charge in [0.05, 0.1) is 12.7 Å². The van der Waals surface area contributed by atoms with E-state index in [0.29, 0.717) is 50.0 Å². The van der Waals surface area contributed by atoms with Crippen molar-refractivity contribution in [3.63, 3.8) is 0 Å². The minimum atomic E-state index is -1.13. The van der Waals surface area contributed by atoms with Crippen LogP contribution >= 0.6 is 0 Å². The van der Waals surface area contributed by atoms with Crippen LogP contribution in [0.4, 0.5) is 32.0 Å². The van der Waals surface area contributed by atoms with Crippen LogP contribution < -0.4 is 38.4 Å². The van der Waals surface area contributed by atoms with Crippen LogP contribution in [-0.2, 0) is 92.0 Å². The number of nitrogens with one attached hydrogen (secondary N) is 5. The molecule has 1 atom stereocenters. The highest BCUT2D eigenvalue weighted by Crippen LogP contribution is 2.21. The number of hydrogen-bond acceptors (Lipinski definition) is 24. The fraction of sp³-hybridized carbons (Fsp3) is 0.347. The fourth-order valence-electron chi connectivity index (χ4n) is 10.3. The highest BCUT2D eigenvalue weighted by Gasteiger charge is 2.24. The van der Waals surface area contributed by atoms with Crippen molar-refractivity contribution in [3.8, 4) is 0 Å². The largest absolute Gasteiger partial charge is 0.480 e. The number of imidazole rings is 2. The van der Waals surface area contributed by atoms with Crippen molar-refractivity contribution in [3.05, 3.63) is 192 Å². The molecule has 41 heteroatoms. The summed E-state index contributed by atoms with van der Waals surface area (Å²) in [5.74, 6) is -6.35. The first-order valence-electron chi connectivity index (χ1n) is 34.9. The second-order valence-electron chi connectivity index (χ2n) is 24.4. The average Bonchev–Trinajstić information content (AvgIpc) is 1.66. The van der Waals surface area contributed by atoms with Gasteiger partial charge in [0, 0.05) is 44.1 Å². The number of benzene rings is 3. The number of fused-ring (bicyclic) bond motifs is 2. The Morgan fingerprint density at radius 3 is 1.37 bits per heavy atom. The van der Waals surface area contributed by atoms with E-state index in [9.17, 15) is 71.9 Å². The monoisotopic (exact) mass is 1570 g/mol. The van der Waals surface area contributed by atoms with E-state index in [1.165, 1.54) is 63.3 Å². The Labute approximate surface area is 641 Å². The van der Waals surface area contributed by atoms with Gasteiger partial charge in [-0.2, -0.15) is 9.97 Å². The summed E-state index contributed by atoms with van der Waals surface area (Å²) in [6, 6.07) is 28.8. The van der Waals surface area contributed by atoms with Gasteiger partial charge in [-0.1, -0.05) is 119 Å². The zero-order chi connectivity index (χ0) is 82.7. The number of nitrogens with zero attached hydrogens (tertiary/aromatic N) is 14. The van der Waals surface area contributed by atoms with E-state index in [2.05, 4.69) is 55.8 Å². The molecule has 1 unspecified atom stereocenters. The Balaban J connectivity index is 0.000000238. The summed E-state index contributed by atoms with van der Waals surface area (Å²) in [7, 11) is 0. The SMILES string of the molecule is CCCN(CC(=O)O)C(=O)Cn1cc(C)c(=O)[nH]c1=O.CCCN(CC(=O)O)C(=O)Cn1ccc(NC(=O)OCc2ccccc2)nc1=O.CCCN(CC(=O)O)C(=O)Cn1cnc2c(=O)[nH]c(NC(=O)OCc3ccccc3)nc21.CCCN(CC(=O)O)C(=O)Cn1cnc2c(NC(=O)OC(C)c3ccccc3)ncnc21. The van der Waals surface area contributed by atoms with Crippen LogP contribution in [0.3, 0.4) is 0 Å². The van der Waals surface area contributed by atoms with Gasteiger partial charge in [0.2, 0.25) is 29.6 Å². The summed E-state index contributed by atoms with van der Waals surface area (Å²) >= 11 is 0. The summed E-state index contributed by atoms with van der Waals surface area (Å²) in [5, 5.41) is 42.9. The van der Waals surface area contributed by atoms with Gasteiger partial charge in [-0.15, -0.1) is 0 Å². The Morgan fingerprint density at radius 2 is 0.912 bits per heavy atom. The maximum absolute atomic E-state index is 12.6. The summed E-state index contributed by atoms with van der Waals surface area (Å²) in [6.07, 6.45) is 6.10. The molecular formula is C72H85N19O22. The predicted molar refractivity (Wildman–Crippen MR) is 402 cm³/mol. The molecule has 0 saturated heterocycles. The summed E-state index contributed by atoms with van der Waals surface area (Å²) in [4.78, 5) is 210. The summed E-state index contributed by atoms with van der Waals surface area (Å²) in [5.41, 5.74) is 0.812. The van der Waals surface area contributed by atoms with E-state index in [0.717, 1.165) is 35.6 Å². The van der Waals surface area contributed by atoms with Crippen LogP contribution in [0.5, 0.6) is 0 Å². The van der Waals surface area contributed by atoms with Gasteiger partial charge in [-0.3, -0.25) is 83.0 Å². The first kappa shape index (κ1) is 87.6. The minimum Gasteiger partial charge on any atom is -0.480 e. The fourth-order valence-corrected chi connectivity index (χ4v) is 10.3. The molecule has 6 aromatic heterocycles. The highest BCUT2D eigenvalue weighted by molar-refractivity contribution is 5.94. The van der Waals surface area contributed by atoms with Crippen LogP contribution in [0.25, 0.3) is 22.3 Å². The molecule has 6 heterocycles. The predicted octanol–water partition coefficient (Wildman–Crippen LogP) is 4.13. The van der Waals surface area contributed by atoms with Gasteiger partial charge in [-0.05, 0) is 62.3 Å². The van der Waals surface area contributed by atoms with Crippen molar-refractivity contribution in [2.45, 2.75) is 113 Å². The lowest BCUT2D eigenvalue weighted by atomic mass is 10.1. The molecule has 0 aliphatic rings. The maximum Gasteiger partial charge on any atom is 0.414 e. The molecule has 113 heavy (non-hydrogen) atoms. The van der Waals surface area contributed by atoms with Crippen molar-refractivity contribution >= 4 is 106 Å². The molecule has 600 valence electrons. The second kappa shape index (κ2) is 44.2. The Hall–Kier alpha value is -14.3. The molecule has 0 bridgehead atoms. The quantitative estimate of drug-likeness (QED) is 0.0261. The van der Waals surface area contributed by atoms with E-state index in [1.54, 1.807) is 31.2 Å². The van der Waals surface area contributed by atoms with Gasteiger partial charge in [0.15, 0.2) is 28.1 Å². The van der Waals surface area contributed by atoms with Crippen molar-refractivity contribution < 1.29 is 87.4 Å². The van der Waals surface area contributed by atoms with Crippen molar-refractivity contribution in [2.24, 2.45) is 0 Å². The first-order valence-corrected chi connectivity index (χ1v) is 34.9. The lowest BCUT2D eigenvalue weighted by Crippen LogP contribution is -2.41. The maximum atomic E-state index is 12.6. The number of aliphatic carboxylic acids is 4. The number of anilines is 3. The van der Waals surface area contributed by atoms with E-state index < -0.39 is 108 Å². The molecule has 3 aromatic carbocycles. The van der Waals surface area contributed by atoms with Crippen molar-refractivity contribution in [2.75, 3.05) is 68.3 Å². The molecule has 9 aromatic rings. The number of hydrogen-bond donors (Lipinski definition) is 9. The second-order valence-corrected chi connectivity index (χ2v) is 24.4. The first-order chi connectivity index (χ1) is 54.0. The third-order valence-corrected chi connectivity index (χ3v) is 15.5. The van der Waals surface area contributed by atoms with Crippen LogP contribution in [0.15, 0.2) is 148 Å². The van der Waals surface area contributed by atoms with Crippen LogP contribution in [-0.4, -0.2) is 216 Å².